The van der Waals surface area contributed by atoms with E-state index in [1.165, 1.54) is 37.6 Å². The second-order valence-corrected chi connectivity index (χ2v) is 6.90. The number of halogens is 2. The first-order valence-electron chi connectivity index (χ1n) is 7.26. The number of carbonyl (C=O) groups excluding carboxylic acids is 2. The third kappa shape index (κ3) is 4.16. The van der Waals surface area contributed by atoms with Gasteiger partial charge in [0.15, 0.2) is 5.01 Å². The molecule has 0 radical (unpaired) electrons. The van der Waals surface area contributed by atoms with E-state index in [0.29, 0.717) is 15.6 Å². The van der Waals surface area contributed by atoms with Gasteiger partial charge < -0.3 is 9.84 Å². The zero-order valence-electron chi connectivity index (χ0n) is 13.6. The van der Waals surface area contributed by atoms with Crippen LogP contribution in [-0.2, 0) is 4.74 Å². The topological polar surface area (TPSA) is 114 Å². The highest BCUT2D eigenvalue weighted by Gasteiger charge is 2.17. The Kier molecular flexibility index (Phi) is 5.54. The largest absolute Gasteiger partial charge is 0.506 e. The lowest BCUT2D eigenvalue weighted by molar-refractivity contribution is 0.0600. The van der Waals surface area contributed by atoms with Gasteiger partial charge in [0.2, 0.25) is 5.13 Å². The normalized spacial score (nSPS) is 10.5. The van der Waals surface area contributed by atoms with Crippen LogP contribution in [0.25, 0.3) is 10.6 Å². The van der Waals surface area contributed by atoms with E-state index in [-0.39, 0.29) is 27.2 Å². The number of nitrogens with zero attached hydrogens (tertiary/aromatic N) is 3. The predicted octanol–water partition coefficient (Wildman–Crippen LogP) is 3.65. The first kappa shape index (κ1) is 19.0. The second kappa shape index (κ2) is 7.87. The van der Waals surface area contributed by atoms with Gasteiger partial charge in [-0.3, -0.25) is 15.1 Å². The van der Waals surface area contributed by atoms with Crippen molar-refractivity contribution < 1.29 is 19.4 Å². The number of ether oxygens (including phenoxy) is 1. The Morgan fingerprint density at radius 1 is 1.22 bits per heavy atom. The van der Waals surface area contributed by atoms with E-state index in [4.69, 9.17) is 23.2 Å². The van der Waals surface area contributed by atoms with Crippen molar-refractivity contribution in [1.82, 2.24) is 15.2 Å². The first-order valence-corrected chi connectivity index (χ1v) is 8.84. The fourth-order valence-corrected chi connectivity index (χ4v) is 3.29. The van der Waals surface area contributed by atoms with Gasteiger partial charge in [-0.25, -0.2) is 4.79 Å². The summed E-state index contributed by atoms with van der Waals surface area (Å²) in [6, 6.07) is 5.69. The maximum atomic E-state index is 12.2. The molecule has 138 valence electrons. The first-order chi connectivity index (χ1) is 12.9. The minimum atomic E-state index is -0.553. The standard InChI is InChI=1S/C16H10Cl2N4O4S/c1-26-15(25)7-2-3-11(19-6-7)13(24)20-16-22-21-14(27-16)9-4-8(17)5-10(18)12(9)23/h2-6,23H,1H3,(H,20,22,24). The van der Waals surface area contributed by atoms with Gasteiger partial charge in [-0.15, -0.1) is 10.2 Å². The Morgan fingerprint density at radius 2 is 2.00 bits per heavy atom. The number of hydrogen-bond donors (Lipinski definition) is 2. The molecule has 2 heterocycles. The van der Waals surface area contributed by atoms with Gasteiger partial charge in [0.25, 0.3) is 5.91 Å². The second-order valence-electron chi connectivity index (χ2n) is 5.07. The van der Waals surface area contributed by atoms with E-state index in [0.717, 1.165) is 11.3 Å². The molecule has 0 spiro atoms. The Bertz CT molecular complexity index is 1020. The molecule has 0 unspecified atom stereocenters. The minimum Gasteiger partial charge on any atom is -0.506 e. The number of phenols is 1. The molecule has 0 atom stereocenters. The molecule has 2 N–H and O–H groups in total. The van der Waals surface area contributed by atoms with Crippen LogP contribution in [0.2, 0.25) is 10.0 Å². The van der Waals surface area contributed by atoms with E-state index in [1.807, 2.05) is 0 Å². The Hall–Kier alpha value is -2.75. The van der Waals surface area contributed by atoms with Crippen LogP contribution in [0.4, 0.5) is 5.13 Å². The summed E-state index contributed by atoms with van der Waals surface area (Å²) in [5, 5.41) is 21.3. The van der Waals surface area contributed by atoms with Gasteiger partial charge in [-0.1, -0.05) is 34.5 Å². The number of anilines is 1. The third-order valence-corrected chi connectivity index (χ3v) is 4.70. The quantitative estimate of drug-likeness (QED) is 0.614. The number of nitrogens with one attached hydrogen (secondary N) is 1. The molecule has 0 saturated heterocycles. The summed E-state index contributed by atoms with van der Waals surface area (Å²) in [4.78, 5) is 27.5. The molecule has 0 saturated carbocycles. The predicted molar refractivity (Wildman–Crippen MR) is 101 cm³/mol. The van der Waals surface area contributed by atoms with Gasteiger partial charge in [0.1, 0.15) is 11.4 Å². The summed E-state index contributed by atoms with van der Waals surface area (Å²) in [6.07, 6.45) is 1.23. The molecule has 0 fully saturated rings. The lowest BCUT2D eigenvalue weighted by Crippen LogP contribution is -2.14. The van der Waals surface area contributed by atoms with Crippen LogP contribution in [0, 0.1) is 0 Å². The molecule has 1 amide bonds. The summed E-state index contributed by atoms with van der Waals surface area (Å²) in [7, 11) is 1.25. The number of amides is 1. The summed E-state index contributed by atoms with van der Waals surface area (Å²) >= 11 is 12.9. The Balaban J connectivity index is 1.78. The van der Waals surface area contributed by atoms with Crippen molar-refractivity contribution in [3.8, 4) is 16.3 Å². The highest BCUT2D eigenvalue weighted by Crippen LogP contribution is 2.39. The van der Waals surface area contributed by atoms with Crippen molar-refractivity contribution in [2.75, 3.05) is 12.4 Å². The van der Waals surface area contributed by atoms with Crippen molar-refractivity contribution in [2.24, 2.45) is 0 Å². The van der Waals surface area contributed by atoms with Gasteiger partial charge in [0.05, 0.1) is 23.3 Å². The molecule has 3 aromatic rings. The molecule has 8 nitrogen and oxygen atoms in total. The van der Waals surface area contributed by atoms with Crippen molar-refractivity contribution in [1.29, 1.82) is 0 Å². The van der Waals surface area contributed by atoms with Crippen LogP contribution in [0.15, 0.2) is 30.5 Å². The zero-order valence-corrected chi connectivity index (χ0v) is 15.9. The summed E-state index contributed by atoms with van der Waals surface area (Å²) in [5.41, 5.74) is 0.597. The Labute approximate surface area is 166 Å². The van der Waals surface area contributed by atoms with E-state index in [9.17, 15) is 14.7 Å². The summed E-state index contributed by atoms with van der Waals surface area (Å²) in [6.45, 7) is 0. The van der Waals surface area contributed by atoms with E-state index >= 15 is 0 Å². The van der Waals surface area contributed by atoms with E-state index in [2.05, 4.69) is 25.2 Å². The number of rotatable bonds is 4. The van der Waals surface area contributed by atoms with Gasteiger partial charge in [-0.2, -0.15) is 0 Å². The summed E-state index contributed by atoms with van der Waals surface area (Å²) < 4.78 is 4.57. The van der Waals surface area contributed by atoms with Crippen LogP contribution >= 0.6 is 34.5 Å². The highest BCUT2D eigenvalue weighted by molar-refractivity contribution is 7.18. The van der Waals surface area contributed by atoms with Crippen LogP contribution in [-0.4, -0.2) is 39.3 Å². The molecule has 0 bridgehead atoms. The maximum absolute atomic E-state index is 12.2. The highest BCUT2D eigenvalue weighted by atomic mass is 35.5. The molecule has 1 aromatic carbocycles. The van der Waals surface area contributed by atoms with Crippen LogP contribution in [0.5, 0.6) is 5.75 Å². The van der Waals surface area contributed by atoms with Crippen LogP contribution in [0.1, 0.15) is 20.8 Å². The average molecular weight is 425 g/mol. The molecule has 11 heteroatoms. The number of benzene rings is 1. The maximum Gasteiger partial charge on any atom is 0.339 e. The Morgan fingerprint density at radius 3 is 2.67 bits per heavy atom. The van der Waals surface area contributed by atoms with Crippen LogP contribution < -0.4 is 5.32 Å². The molecule has 0 aliphatic heterocycles. The fourth-order valence-electron chi connectivity index (χ4n) is 2.04. The van der Waals surface area contributed by atoms with Crippen molar-refractivity contribution in [3.05, 3.63) is 51.8 Å². The average Bonchev–Trinajstić information content (AvgIpc) is 3.12. The van der Waals surface area contributed by atoms with Crippen molar-refractivity contribution >= 4 is 51.5 Å². The van der Waals surface area contributed by atoms with Gasteiger partial charge in [0, 0.05) is 11.2 Å². The SMILES string of the molecule is COC(=O)c1ccc(C(=O)Nc2nnc(-c3cc(Cl)cc(Cl)c3O)s2)nc1. The smallest absolute Gasteiger partial charge is 0.339 e. The number of aromatic hydroxyl groups is 1. The molecule has 0 aliphatic carbocycles. The third-order valence-electron chi connectivity index (χ3n) is 3.32. The van der Waals surface area contributed by atoms with E-state index in [1.54, 1.807) is 0 Å². The number of methoxy groups -OCH3 is 1. The number of hydrogen-bond acceptors (Lipinski definition) is 8. The fraction of sp³-hybridized carbons (Fsp3) is 0.0625. The molecular formula is C16H10Cl2N4O4S. The van der Waals surface area contributed by atoms with E-state index < -0.39 is 11.9 Å². The van der Waals surface area contributed by atoms with Crippen LogP contribution in [0.3, 0.4) is 0 Å². The molecule has 2 aromatic heterocycles. The molecule has 3 rings (SSSR count). The minimum absolute atomic E-state index is 0.0769. The van der Waals surface area contributed by atoms with Crippen molar-refractivity contribution in [2.45, 2.75) is 0 Å². The summed E-state index contributed by atoms with van der Waals surface area (Å²) in [5.74, 6) is -1.28. The zero-order chi connectivity index (χ0) is 19.6. The number of carbonyl (C=O) groups is 2. The molecular weight excluding hydrogens is 415 g/mol. The molecule has 0 aliphatic rings. The molecule has 27 heavy (non-hydrogen) atoms. The lowest BCUT2D eigenvalue weighted by Gasteiger charge is -2.03. The van der Waals surface area contributed by atoms with Crippen molar-refractivity contribution in [3.63, 3.8) is 0 Å². The monoisotopic (exact) mass is 424 g/mol. The number of phenolic OH excluding ortho intramolecular Hbond substituents is 1. The lowest BCUT2D eigenvalue weighted by atomic mass is 10.2. The van der Waals surface area contributed by atoms with Gasteiger partial charge in [-0.05, 0) is 24.3 Å². The number of esters is 1. The number of aromatic nitrogens is 3. The number of pyridine rings is 1. The van der Waals surface area contributed by atoms with Gasteiger partial charge >= 0.3 is 5.97 Å².